The van der Waals surface area contributed by atoms with Crippen LogP contribution >= 0.6 is 0 Å². The minimum absolute atomic E-state index is 0.0330. The first kappa shape index (κ1) is 13.9. The van der Waals surface area contributed by atoms with E-state index < -0.39 is 0 Å². The second-order valence-corrected chi connectivity index (χ2v) is 4.01. The number of aromatic nitrogens is 2. The molecule has 20 heavy (non-hydrogen) atoms. The second kappa shape index (κ2) is 7.18. The minimum Gasteiger partial charge on any atom is -0.494 e. The lowest BCUT2D eigenvalue weighted by molar-refractivity contribution is -0.123. The van der Waals surface area contributed by atoms with Gasteiger partial charge in [0.1, 0.15) is 17.3 Å². The van der Waals surface area contributed by atoms with E-state index in [0.29, 0.717) is 24.7 Å². The van der Waals surface area contributed by atoms with Crippen LogP contribution in [0.15, 0.2) is 36.7 Å². The van der Waals surface area contributed by atoms with E-state index in [1.54, 1.807) is 36.7 Å². The molecule has 0 radical (unpaired) electrons. The summed E-state index contributed by atoms with van der Waals surface area (Å²) in [5.41, 5.74) is 0. The van der Waals surface area contributed by atoms with Gasteiger partial charge in [-0.1, -0.05) is 0 Å². The van der Waals surface area contributed by atoms with E-state index in [9.17, 15) is 4.79 Å². The molecule has 2 aromatic rings. The molecule has 1 aromatic carbocycles. The van der Waals surface area contributed by atoms with Crippen molar-refractivity contribution in [2.75, 3.05) is 13.2 Å². The third kappa shape index (κ3) is 4.31. The summed E-state index contributed by atoms with van der Waals surface area (Å²) in [5, 5.41) is 2.70. The molecule has 0 saturated carbocycles. The molecular formula is C14H17N3O3. The monoisotopic (exact) mass is 275 g/mol. The number of carbonyl (C=O) groups excluding carboxylic acids is 1. The molecule has 0 atom stereocenters. The fraction of sp³-hybridized carbons (Fsp3) is 0.286. The van der Waals surface area contributed by atoms with Gasteiger partial charge in [-0.05, 0) is 31.2 Å². The Balaban J connectivity index is 1.72. The first-order chi connectivity index (χ1) is 9.78. The van der Waals surface area contributed by atoms with Crippen LogP contribution in [0.5, 0.6) is 11.5 Å². The quantitative estimate of drug-likeness (QED) is 0.803. The van der Waals surface area contributed by atoms with Crippen molar-refractivity contribution in [3.8, 4) is 11.5 Å². The van der Waals surface area contributed by atoms with E-state index in [2.05, 4.69) is 15.3 Å². The highest BCUT2D eigenvalue weighted by Crippen LogP contribution is 2.17. The number of aromatic amines is 1. The number of carbonyl (C=O) groups is 1. The summed E-state index contributed by atoms with van der Waals surface area (Å²) in [7, 11) is 0. The van der Waals surface area contributed by atoms with Crippen molar-refractivity contribution in [2.24, 2.45) is 0 Å². The zero-order valence-electron chi connectivity index (χ0n) is 11.3. The van der Waals surface area contributed by atoms with Gasteiger partial charge >= 0.3 is 0 Å². The third-order valence-corrected chi connectivity index (χ3v) is 2.51. The Labute approximate surface area is 117 Å². The van der Waals surface area contributed by atoms with Crippen molar-refractivity contribution in [1.82, 2.24) is 15.3 Å². The highest BCUT2D eigenvalue weighted by molar-refractivity contribution is 5.77. The van der Waals surface area contributed by atoms with E-state index in [0.717, 1.165) is 5.75 Å². The Morgan fingerprint density at radius 2 is 1.95 bits per heavy atom. The minimum atomic E-state index is -0.199. The topological polar surface area (TPSA) is 76.2 Å². The molecule has 0 aliphatic carbocycles. The fourth-order valence-electron chi connectivity index (χ4n) is 1.58. The number of hydrogen-bond donors (Lipinski definition) is 2. The molecule has 1 aromatic heterocycles. The van der Waals surface area contributed by atoms with Crippen molar-refractivity contribution >= 4 is 5.91 Å². The van der Waals surface area contributed by atoms with E-state index in [1.807, 2.05) is 6.92 Å². The van der Waals surface area contributed by atoms with Crippen molar-refractivity contribution in [1.29, 1.82) is 0 Å². The van der Waals surface area contributed by atoms with E-state index >= 15 is 0 Å². The smallest absolute Gasteiger partial charge is 0.258 e. The van der Waals surface area contributed by atoms with Crippen molar-refractivity contribution in [2.45, 2.75) is 13.5 Å². The van der Waals surface area contributed by atoms with Crippen molar-refractivity contribution in [3.63, 3.8) is 0 Å². The largest absolute Gasteiger partial charge is 0.494 e. The van der Waals surface area contributed by atoms with Crippen LogP contribution in [-0.4, -0.2) is 29.1 Å². The van der Waals surface area contributed by atoms with Crippen molar-refractivity contribution < 1.29 is 14.3 Å². The predicted molar refractivity (Wildman–Crippen MR) is 73.5 cm³/mol. The number of amides is 1. The van der Waals surface area contributed by atoms with Gasteiger partial charge in [-0.25, -0.2) is 4.98 Å². The number of imidazole rings is 1. The lowest BCUT2D eigenvalue weighted by Gasteiger charge is -2.08. The van der Waals surface area contributed by atoms with Gasteiger partial charge in [-0.3, -0.25) is 4.79 Å². The molecule has 106 valence electrons. The molecule has 6 heteroatoms. The van der Waals surface area contributed by atoms with E-state index in [4.69, 9.17) is 9.47 Å². The highest BCUT2D eigenvalue weighted by atomic mass is 16.5. The molecule has 0 bridgehead atoms. The molecule has 6 nitrogen and oxygen atoms in total. The number of rotatable bonds is 7. The standard InChI is InChI=1S/C14H17N3O3/c1-2-19-11-3-5-12(6-4-11)20-10-14(18)17-9-13-15-7-8-16-13/h3-8H,2,9-10H2,1H3,(H,15,16)(H,17,18). The van der Waals surface area contributed by atoms with Gasteiger partial charge in [-0.15, -0.1) is 0 Å². The van der Waals surface area contributed by atoms with Crippen LogP contribution in [0, 0.1) is 0 Å². The Hall–Kier alpha value is -2.50. The van der Waals surface area contributed by atoms with Gasteiger partial charge in [0, 0.05) is 12.4 Å². The van der Waals surface area contributed by atoms with Crippen LogP contribution in [0.25, 0.3) is 0 Å². The molecular weight excluding hydrogens is 258 g/mol. The lowest BCUT2D eigenvalue weighted by Crippen LogP contribution is -2.28. The van der Waals surface area contributed by atoms with Crippen LogP contribution in [0.4, 0.5) is 0 Å². The van der Waals surface area contributed by atoms with Crippen LogP contribution < -0.4 is 14.8 Å². The summed E-state index contributed by atoms with van der Waals surface area (Å²) < 4.78 is 10.7. The van der Waals surface area contributed by atoms with E-state index in [-0.39, 0.29) is 12.5 Å². The number of H-pyrrole nitrogens is 1. The van der Waals surface area contributed by atoms with E-state index in [1.165, 1.54) is 0 Å². The Morgan fingerprint density at radius 3 is 2.55 bits per heavy atom. The molecule has 2 N–H and O–H groups in total. The maximum Gasteiger partial charge on any atom is 0.258 e. The summed E-state index contributed by atoms with van der Waals surface area (Å²) in [6.45, 7) is 2.87. The average molecular weight is 275 g/mol. The zero-order valence-corrected chi connectivity index (χ0v) is 11.3. The first-order valence-electron chi connectivity index (χ1n) is 6.38. The fourth-order valence-corrected chi connectivity index (χ4v) is 1.58. The van der Waals surface area contributed by atoms with Crippen molar-refractivity contribution in [3.05, 3.63) is 42.5 Å². The molecule has 0 aliphatic rings. The SMILES string of the molecule is CCOc1ccc(OCC(=O)NCc2ncc[nH]2)cc1. The molecule has 2 rings (SSSR count). The summed E-state index contributed by atoms with van der Waals surface area (Å²) in [6.07, 6.45) is 3.34. The molecule has 0 saturated heterocycles. The van der Waals surface area contributed by atoms with Gasteiger partial charge in [0.05, 0.1) is 13.2 Å². The molecule has 0 spiro atoms. The number of benzene rings is 1. The maximum atomic E-state index is 11.6. The lowest BCUT2D eigenvalue weighted by atomic mass is 10.3. The van der Waals surface area contributed by atoms with Gasteiger partial charge in [-0.2, -0.15) is 0 Å². The summed E-state index contributed by atoms with van der Waals surface area (Å²) in [6, 6.07) is 7.15. The predicted octanol–water partition coefficient (Wildman–Crippen LogP) is 1.50. The summed E-state index contributed by atoms with van der Waals surface area (Å²) >= 11 is 0. The first-order valence-corrected chi connectivity index (χ1v) is 6.38. The van der Waals surface area contributed by atoms with Gasteiger partial charge in [0.15, 0.2) is 6.61 Å². The van der Waals surface area contributed by atoms with Crippen LogP contribution in [0.2, 0.25) is 0 Å². The summed E-state index contributed by atoms with van der Waals surface area (Å²) in [4.78, 5) is 18.5. The number of ether oxygens (including phenoxy) is 2. The number of nitrogens with one attached hydrogen (secondary N) is 2. The molecule has 0 fully saturated rings. The van der Waals surface area contributed by atoms with Crippen LogP contribution in [-0.2, 0) is 11.3 Å². The Bertz CT molecular complexity index is 523. The maximum absolute atomic E-state index is 11.6. The molecule has 0 aliphatic heterocycles. The van der Waals surface area contributed by atoms with Gasteiger partial charge in [0.25, 0.3) is 5.91 Å². The Kier molecular flexibility index (Phi) is 5.00. The zero-order chi connectivity index (χ0) is 14.2. The van der Waals surface area contributed by atoms with Gasteiger partial charge < -0.3 is 19.8 Å². The number of nitrogens with zero attached hydrogens (tertiary/aromatic N) is 1. The third-order valence-electron chi connectivity index (χ3n) is 2.51. The normalized spacial score (nSPS) is 10.1. The molecule has 1 amide bonds. The summed E-state index contributed by atoms with van der Waals surface area (Å²) in [5.74, 6) is 1.92. The van der Waals surface area contributed by atoms with Crippen LogP contribution in [0.3, 0.4) is 0 Å². The molecule has 1 heterocycles. The van der Waals surface area contributed by atoms with Gasteiger partial charge in [0.2, 0.25) is 0 Å². The molecule has 0 unspecified atom stereocenters. The average Bonchev–Trinajstić information content (AvgIpc) is 2.98. The highest BCUT2D eigenvalue weighted by Gasteiger charge is 2.04. The van der Waals surface area contributed by atoms with Crippen LogP contribution in [0.1, 0.15) is 12.7 Å². The Morgan fingerprint density at radius 1 is 1.25 bits per heavy atom. The second-order valence-electron chi connectivity index (χ2n) is 4.01. The number of hydrogen-bond acceptors (Lipinski definition) is 4.